The number of allylic oxidation sites excluding steroid dienone is 2. The van der Waals surface area contributed by atoms with E-state index in [-0.39, 0.29) is 48.4 Å². The van der Waals surface area contributed by atoms with E-state index in [0.29, 0.717) is 19.3 Å². The summed E-state index contributed by atoms with van der Waals surface area (Å²) < 4.78 is 11.2. The first kappa shape index (κ1) is 21.0. The number of aliphatic hydroxyl groups is 1. The highest BCUT2D eigenvalue weighted by atomic mass is 16.6. The number of aliphatic hydroxyl groups excluding tert-OH is 1. The van der Waals surface area contributed by atoms with Crippen LogP contribution in [0.15, 0.2) is 23.8 Å². The quantitative estimate of drug-likeness (QED) is 0.582. The third-order valence-electron chi connectivity index (χ3n) is 6.15. The van der Waals surface area contributed by atoms with Gasteiger partial charge >= 0.3 is 11.9 Å². The molecule has 1 aliphatic heterocycles. The summed E-state index contributed by atoms with van der Waals surface area (Å²) in [5, 5.41) is 9.83. The highest BCUT2D eigenvalue weighted by Crippen LogP contribution is 2.41. The van der Waals surface area contributed by atoms with Gasteiger partial charge in [-0.25, -0.2) is 0 Å². The lowest BCUT2D eigenvalue weighted by molar-refractivity contribution is -0.161. The van der Waals surface area contributed by atoms with Gasteiger partial charge in [-0.1, -0.05) is 25.2 Å². The Balaban J connectivity index is 1.70. The molecule has 7 nitrogen and oxygen atoms in total. The van der Waals surface area contributed by atoms with Crippen LogP contribution in [0.1, 0.15) is 51.9 Å². The summed E-state index contributed by atoms with van der Waals surface area (Å²) in [6.07, 6.45) is 9.08. The smallest absolute Gasteiger partial charge is 0.323 e. The maximum Gasteiger partial charge on any atom is 0.323 e. The molecule has 28 heavy (non-hydrogen) atoms. The van der Waals surface area contributed by atoms with Gasteiger partial charge in [-0.3, -0.25) is 9.59 Å². The number of rotatable bonds is 6. The molecule has 1 fully saturated rings. The zero-order valence-electron chi connectivity index (χ0n) is 16.5. The number of esters is 2. The second kappa shape index (κ2) is 9.20. The molecule has 1 heterocycles. The van der Waals surface area contributed by atoms with Gasteiger partial charge in [0.05, 0.1) is 12.5 Å². The number of carbonyl (C=O) groups excluding carboxylic acids is 2. The molecule has 156 valence electrons. The Hall–Kier alpha value is -1.70. The van der Waals surface area contributed by atoms with Crippen molar-refractivity contribution in [1.82, 2.24) is 0 Å². The summed E-state index contributed by atoms with van der Waals surface area (Å²) in [6, 6.07) is -0.769. The number of fused-ring (bicyclic) bond motifs is 1. The summed E-state index contributed by atoms with van der Waals surface area (Å²) >= 11 is 0. The molecule has 0 aromatic carbocycles. The van der Waals surface area contributed by atoms with Crippen molar-refractivity contribution < 1.29 is 24.2 Å². The molecule has 7 atom stereocenters. The van der Waals surface area contributed by atoms with Crippen molar-refractivity contribution >= 4 is 11.9 Å². The van der Waals surface area contributed by atoms with Crippen LogP contribution in [0.3, 0.4) is 0 Å². The van der Waals surface area contributed by atoms with Gasteiger partial charge in [0.15, 0.2) is 0 Å². The molecule has 3 aliphatic rings. The molecule has 0 aromatic rings. The van der Waals surface area contributed by atoms with Crippen LogP contribution in [0.25, 0.3) is 0 Å². The van der Waals surface area contributed by atoms with E-state index >= 15 is 0 Å². The number of hydrogen-bond donors (Lipinski definition) is 3. The molecular formula is C21H32N2O5. The highest BCUT2D eigenvalue weighted by Gasteiger charge is 2.41. The zero-order valence-corrected chi connectivity index (χ0v) is 16.5. The predicted molar refractivity (Wildman–Crippen MR) is 104 cm³/mol. The lowest BCUT2D eigenvalue weighted by atomic mass is 9.68. The van der Waals surface area contributed by atoms with Crippen LogP contribution in [0.5, 0.6) is 0 Å². The average molecular weight is 392 g/mol. The second-order valence-corrected chi connectivity index (χ2v) is 8.18. The normalized spacial score (nSPS) is 36.1. The van der Waals surface area contributed by atoms with Gasteiger partial charge in [0.1, 0.15) is 18.2 Å². The van der Waals surface area contributed by atoms with Gasteiger partial charge in [0.2, 0.25) is 0 Å². The Morgan fingerprint density at radius 1 is 1.43 bits per heavy atom. The van der Waals surface area contributed by atoms with Crippen molar-refractivity contribution in [3.05, 3.63) is 23.8 Å². The van der Waals surface area contributed by atoms with E-state index < -0.39 is 12.1 Å². The zero-order chi connectivity index (χ0) is 20.3. The van der Waals surface area contributed by atoms with E-state index in [1.807, 2.05) is 19.1 Å². The monoisotopic (exact) mass is 392 g/mol. The molecule has 0 saturated carbocycles. The van der Waals surface area contributed by atoms with Crippen LogP contribution < -0.4 is 11.5 Å². The molecule has 0 spiro atoms. The number of nitrogens with two attached hydrogens (primary N) is 2. The fraction of sp³-hybridized carbons (Fsp3) is 0.714. The Kier molecular flexibility index (Phi) is 6.91. The summed E-state index contributed by atoms with van der Waals surface area (Å²) in [5.41, 5.74) is 13.4. The summed E-state index contributed by atoms with van der Waals surface area (Å²) in [4.78, 5) is 23.9. The minimum absolute atomic E-state index is 0.0194. The summed E-state index contributed by atoms with van der Waals surface area (Å²) in [5.74, 6) is -0.619. The molecule has 0 bridgehead atoms. The van der Waals surface area contributed by atoms with Crippen LogP contribution in [0, 0.1) is 11.8 Å². The third kappa shape index (κ3) is 4.82. The van der Waals surface area contributed by atoms with Gasteiger partial charge in [0, 0.05) is 18.4 Å². The second-order valence-electron chi connectivity index (χ2n) is 8.18. The highest BCUT2D eigenvalue weighted by molar-refractivity contribution is 5.75. The topological polar surface area (TPSA) is 125 Å². The summed E-state index contributed by atoms with van der Waals surface area (Å²) in [7, 11) is 0. The van der Waals surface area contributed by atoms with E-state index in [9.17, 15) is 14.7 Å². The average Bonchev–Trinajstić information content (AvgIpc) is 2.66. The maximum atomic E-state index is 12.3. The fourth-order valence-corrected chi connectivity index (χ4v) is 4.57. The molecule has 1 saturated heterocycles. The largest absolute Gasteiger partial charge is 0.462 e. The van der Waals surface area contributed by atoms with E-state index in [4.69, 9.17) is 20.9 Å². The SMILES string of the molecule is CCC(N)C(=O)O[C@H]1CCC=C2C=CC(N)C(CC[C@@H]3CC(O)CC(=O)O3)C21. The Morgan fingerprint density at radius 3 is 2.93 bits per heavy atom. The van der Waals surface area contributed by atoms with Gasteiger partial charge in [-0.2, -0.15) is 0 Å². The first-order valence-electron chi connectivity index (χ1n) is 10.4. The van der Waals surface area contributed by atoms with Crippen molar-refractivity contribution in [1.29, 1.82) is 0 Å². The fourth-order valence-electron chi connectivity index (χ4n) is 4.57. The van der Waals surface area contributed by atoms with Gasteiger partial charge < -0.3 is 26.0 Å². The van der Waals surface area contributed by atoms with E-state index in [2.05, 4.69) is 6.08 Å². The van der Waals surface area contributed by atoms with Gasteiger partial charge in [-0.15, -0.1) is 0 Å². The minimum atomic E-state index is -0.638. The predicted octanol–water partition coefficient (Wildman–Crippen LogP) is 1.33. The Morgan fingerprint density at radius 2 is 2.21 bits per heavy atom. The lowest BCUT2D eigenvalue weighted by Crippen LogP contribution is -2.46. The minimum Gasteiger partial charge on any atom is -0.462 e. The molecule has 0 aromatic heterocycles. The third-order valence-corrected chi connectivity index (χ3v) is 6.15. The molecule has 3 rings (SSSR count). The van der Waals surface area contributed by atoms with E-state index in [1.54, 1.807) is 0 Å². The molecule has 0 radical (unpaired) electrons. The number of cyclic esters (lactones) is 1. The van der Waals surface area contributed by atoms with E-state index in [1.165, 1.54) is 0 Å². The molecule has 5 N–H and O–H groups in total. The number of ether oxygens (including phenoxy) is 2. The van der Waals surface area contributed by atoms with Crippen LogP contribution in [0.2, 0.25) is 0 Å². The molecule has 0 amide bonds. The molecule has 5 unspecified atom stereocenters. The van der Waals surface area contributed by atoms with Crippen LogP contribution in [0.4, 0.5) is 0 Å². The van der Waals surface area contributed by atoms with E-state index in [0.717, 1.165) is 24.8 Å². The molecular weight excluding hydrogens is 360 g/mol. The first-order chi connectivity index (χ1) is 13.4. The number of carbonyl (C=O) groups is 2. The van der Waals surface area contributed by atoms with Crippen molar-refractivity contribution in [3.8, 4) is 0 Å². The van der Waals surface area contributed by atoms with Crippen molar-refractivity contribution in [2.45, 2.75) is 82.3 Å². The first-order valence-corrected chi connectivity index (χ1v) is 10.4. The standard InChI is InChI=1S/C21H32N2O5/c1-2-16(22)21(26)28-18-5-3-4-12-6-9-17(23)15(20(12)18)8-7-14-10-13(24)11-19(25)27-14/h4,6,9,13-18,20,24H,2-3,5,7-8,10-11,22-23H2,1H3/t13?,14-,15?,16?,17?,18+,20?/m1/s1. The van der Waals surface area contributed by atoms with Crippen LogP contribution in [-0.2, 0) is 19.1 Å². The maximum absolute atomic E-state index is 12.3. The number of hydrogen-bond acceptors (Lipinski definition) is 7. The lowest BCUT2D eigenvalue weighted by Gasteiger charge is -2.42. The molecule has 7 heteroatoms. The van der Waals surface area contributed by atoms with Crippen molar-refractivity contribution in [2.24, 2.45) is 23.3 Å². The van der Waals surface area contributed by atoms with Crippen LogP contribution in [-0.4, -0.2) is 47.4 Å². The summed E-state index contributed by atoms with van der Waals surface area (Å²) in [6.45, 7) is 1.86. The molecule has 2 aliphatic carbocycles. The van der Waals surface area contributed by atoms with Crippen molar-refractivity contribution in [3.63, 3.8) is 0 Å². The Bertz CT molecular complexity index is 647. The van der Waals surface area contributed by atoms with Crippen LogP contribution >= 0.6 is 0 Å². The van der Waals surface area contributed by atoms with Crippen molar-refractivity contribution in [2.75, 3.05) is 0 Å². The van der Waals surface area contributed by atoms with Gasteiger partial charge in [0.25, 0.3) is 0 Å². The van der Waals surface area contributed by atoms with Gasteiger partial charge in [-0.05, 0) is 43.6 Å². The Labute approximate surface area is 166 Å².